The van der Waals surface area contributed by atoms with Gasteiger partial charge in [0.2, 0.25) is 0 Å². The zero-order valence-corrected chi connectivity index (χ0v) is 8.61. The largest absolute Gasteiger partial charge is 0.313 e. The van der Waals surface area contributed by atoms with Crippen LogP contribution >= 0.6 is 0 Å². The number of nitrogens with one attached hydrogen (secondary N) is 1. The van der Waals surface area contributed by atoms with Gasteiger partial charge < -0.3 is 5.32 Å². The first kappa shape index (κ1) is 8.55. The molecule has 0 aromatic rings. The van der Waals surface area contributed by atoms with Gasteiger partial charge in [0.05, 0.1) is 0 Å². The van der Waals surface area contributed by atoms with Gasteiger partial charge in [0.25, 0.3) is 0 Å². The molecule has 12 heavy (non-hydrogen) atoms. The molecule has 2 saturated carbocycles. The van der Waals surface area contributed by atoms with E-state index < -0.39 is 0 Å². The highest BCUT2D eigenvalue weighted by atomic mass is 15.0. The summed E-state index contributed by atoms with van der Waals surface area (Å²) in [5.41, 5.74) is 1.31. The van der Waals surface area contributed by atoms with Crippen molar-refractivity contribution < 1.29 is 0 Å². The van der Waals surface area contributed by atoms with E-state index in [0.717, 1.165) is 6.04 Å². The average Bonchev–Trinajstić information content (AvgIpc) is 2.89. The predicted octanol–water partition coefficient (Wildman–Crippen LogP) is 2.56. The molecule has 0 aliphatic heterocycles. The van der Waals surface area contributed by atoms with E-state index in [9.17, 15) is 0 Å². The Kier molecular flexibility index (Phi) is 1.76. The van der Waals surface area contributed by atoms with Gasteiger partial charge in [0.1, 0.15) is 0 Å². The molecular formula is C11H21N. The van der Waals surface area contributed by atoms with E-state index in [4.69, 9.17) is 0 Å². The van der Waals surface area contributed by atoms with Crippen LogP contribution in [0.5, 0.6) is 0 Å². The highest BCUT2D eigenvalue weighted by Gasteiger charge is 2.44. The lowest BCUT2D eigenvalue weighted by Gasteiger charge is -2.22. The summed E-state index contributed by atoms with van der Waals surface area (Å²) < 4.78 is 0. The number of hydrogen-bond donors (Lipinski definition) is 1. The van der Waals surface area contributed by atoms with E-state index in [1.807, 2.05) is 0 Å². The van der Waals surface area contributed by atoms with Crippen molar-refractivity contribution in [3.63, 3.8) is 0 Å². The zero-order chi connectivity index (χ0) is 8.82. The second-order valence-electron chi connectivity index (χ2n) is 5.57. The second-order valence-corrected chi connectivity index (χ2v) is 5.57. The van der Waals surface area contributed by atoms with Crippen LogP contribution in [-0.4, -0.2) is 12.6 Å². The molecule has 0 heterocycles. The summed E-state index contributed by atoms with van der Waals surface area (Å²) in [6.45, 7) is 8.38. The van der Waals surface area contributed by atoms with Crippen LogP contribution in [0.1, 0.15) is 46.5 Å². The van der Waals surface area contributed by atoms with E-state index in [-0.39, 0.29) is 0 Å². The smallest absolute Gasteiger partial charge is 0.00927 e. The fourth-order valence-corrected chi connectivity index (χ4v) is 1.67. The fraction of sp³-hybridized carbons (Fsp3) is 1.00. The van der Waals surface area contributed by atoms with Crippen molar-refractivity contribution in [2.75, 3.05) is 6.54 Å². The molecule has 1 heteroatoms. The minimum atomic E-state index is 0.644. The molecular weight excluding hydrogens is 146 g/mol. The SMILES string of the molecule is CC(NCC1(C)CC1)C1(C)CC1. The van der Waals surface area contributed by atoms with E-state index in [1.54, 1.807) is 0 Å². The lowest BCUT2D eigenvalue weighted by molar-refractivity contribution is 0.350. The molecule has 0 aromatic heterocycles. The van der Waals surface area contributed by atoms with E-state index >= 15 is 0 Å². The highest BCUT2D eigenvalue weighted by Crippen LogP contribution is 2.49. The van der Waals surface area contributed by atoms with Gasteiger partial charge in [0.15, 0.2) is 0 Å². The fourth-order valence-electron chi connectivity index (χ4n) is 1.67. The third-order valence-electron chi connectivity index (χ3n) is 4.02. The second kappa shape index (κ2) is 2.47. The van der Waals surface area contributed by atoms with Gasteiger partial charge in [-0.1, -0.05) is 13.8 Å². The molecule has 0 saturated heterocycles. The first-order valence-corrected chi connectivity index (χ1v) is 5.28. The van der Waals surface area contributed by atoms with E-state index in [2.05, 4.69) is 26.1 Å². The molecule has 0 aromatic carbocycles. The Bertz CT molecular complexity index is 177. The maximum atomic E-state index is 3.69. The summed E-state index contributed by atoms with van der Waals surface area (Å²) >= 11 is 0. The summed E-state index contributed by atoms with van der Waals surface area (Å²) in [5.74, 6) is 0. The monoisotopic (exact) mass is 167 g/mol. The maximum Gasteiger partial charge on any atom is 0.00927 e. The Morgan fingerprint density at radius 1 is 1.17 bits per heavy atom. The zero-order valence-electron chi connectivity index (χ0n) is 8.61. The molecule has 1 unspecified atom stereocenters. The van der Waals surface area contributed by atoms with Gasteiger partial charge >= 0.3 is 0 Å². The Morgan fingerprint density at radius 3 is 2.17 bits per heavy atom. The van der Waals surface area contributed by atoms with Crippen LogP contribution in [0.25, 0.3) is 0 Å². The molecule has 2 rings (SSSR count). The van der Waals surface area contributed by atoms with Crippen LogP contribution in [0, 0.1) is 10.8 Å². The van der Waals surface area contributed by atoms with Crippen molar-refractivity contribution in [1.29, 1.82) is 0 Å². The average molecular weight is 167 g/mol. The van der Waals surface area contributed by atoms with Crippen LogP contribution in [0.4, 0.5) is 0 Å². The molecule has 0 bridgehead atoms. The summed E-state index contributed by atoms with van der Waals surface area (Å²) in [4.78, 5) is 0. The van der Waals surface area contributed by atoms with Crippen molar-refractivity contribution in [2.45, 2.75) is 52.5 Å². The molecule has 70 valence electrons. The molecule has 2 aliphatic rings. The van der Waals surface area contributed by atoms with Crippen molar-refractivity contribution in [2.24, 2.45) is 10.8 Å². The molecule has 2 fully saturated rings. The van der Waals surface area contributed by atoms with Crippen LogP contribution in [0.2, 0.25) is 0 Å². The van der Waals surface area contributed by atoms with Gasteiger partial charge in [-0.05, 0) is 43.4 Å². The van der Waals surface area contributed by atoms with Crippen LogP contribution in [0.15, 0.2) is 0 Å². The summed E-state index contributed by atoms with van der Waals surface area (Å²) in [7, 11) is 0. The predicted molar refractivity (Wildman–Crippen MR) is 52.1 cm³/mol. The lowest BCUT2D eigenvalue weighted by Crippen LogP contribution is -2.36. The Balaban J connectivity index is 1.72. The van der Waals surface area contributed by atoms with Crippen LogP contribution in [0.3, 0.4) is 0 Å². The standard InChI is InChI=1S/C11H21N/c1-9(11(3)6-7-11)12-8-10(2)4-5-10/h9,12H,4-8H2,1-3H3. The third-order valence-corrected chi connectivity index (χ3v) is 4.02. The number of hydrogen-bond acceptors (Lipinski definition) is 1. The highest BCUT2D eigenvalue weighted by molar-refractivity contribution is 4.99. The van der Waals surface area contributed by atoms with Gasteiger partial charge in [-0.3, -0.25) is 0 Å². The minimum Gasteiger partial charge on any atom is -0.313 e. The van der Waals surface area contributed by atoms with Gasteiger partial charge in [-0.15, -0.1) is 0 Å². The first-order chi connectivity index (χ1) is 5.54. The quantitative estimate of drug-likeness (QED) is 0.678. The Hall–Kier alpha value is -0.0400. The lowest BCUT2D eigenvalue weighted by atomic mass is 10.00. The van der Waals surface area contributed by atoms with E-state index in [0.29, 0.717) is 10.8 Å². The normalized spacial score (nSPS) is 31.2. The minimum absolute atomic E-state index is 0.644. The molecule has 0 amide bonds. The molecule has 2 aliphatic carbocycles. The number of rotatable bonds is 4. The molecule has 0 spiro atoms. The van der Waals surface area contributed by atoms with Gasteiger partial charge in [0, 0.05) is 12.6 Å². The maximum absolute atomic E-state index is 3.69. The van der Waals surface area contributed by atoms with Crippen molar-refractivity contribution in [3.05, 3.63) is 0 Å². The van der Waals surface area contributed by atoms with Crippen LogP contribution in [-0.2, 0) is 0 Å². The summed E-state index contributed by atoms with van der Waals surface area (Å²) in [6, 6.07) is 0.731. The Labute approximate surface area is 75.9 Å². The van der Waals surface area contributed by atoms with Crippen molar-refractivity contribution in [3.8, 4) is 0 Å². The Morgan fingerprint density at radius 2 is 1.75 bits per heavy atom. The molecule has 0 radical (unpaired) electrons. The van der Waals surface area contributed by atoms with Gasteiger partial charge in [-0.25, -0.2) is 0 Å². The molecule has 1 nitrogen and oxygen atoms in total. The first-order valence-electron chi connectivity index (χ1n) is 5.28. The summed E-state index contributed by atoms with van der Waals surface area (Å²) in [6.07, 6.45) is 5.72. The van der Waals surface area contributed by atoms with E-state index in [1.165, 1.54) is 32.2 Å². The van der Waals surface area contributed by atoms with Crippen molar-refractivity contribution in [1.82, 2.24) is 5.32 Å². The van der Waals surface area contributed by atoms with Crippen LogP contribution < -0.4 is 5.32 Å². The summed E-state index contributed by atoms with van der Waals surface area (Å²) in [5, 5.41) is 3.69. The molecule has 1 atom stereocenters. The topological polar surface area (TPSA) is 12.0 Å². The molecule has 1 N–H and O–H groups in total. The third kappa shape index (κ3) is 1.66. The van der Waals surface area contributed by atoms with Crippen molar-refractivity contribution >= 4 is 0 Å². The van der Waals surface area contributed by atoms with Gasteiger partial charge in [-0.2, -0.15) is 0 Å².